The number of amides is 1. The van der Waals surface area contributed by atoms with E-state index in [2.05, 4.69) is 17.6 Å². The molecule has 0 aliphatic carbocycles. The summed E-state index contributed by atoms with van der Waals surface area (Å²) in [4.78, 5) is 23.9. The molecule has 0 unspecified atom stereocenters. The van der Waals surface area contributed by atoms with Gasteiger partial charge in [-0.1, -0.05) is 6.92 Å². The molecule has 2 N–H and O–H groups in total. The number of carbonyl (C=O) groups is 2. The second kappa shape index (κ2) is 9.15. The standard InChI is InChI=1S/C17H24N2O4/c1-2-7-18-8-9-19-17(21)6-4-14(20)13-3-5-15-16(12-13)23-11-10-22-15/h3,5,12,18H,2,4,6-11H2,1H3,(H,19,21). The number of hydrogen-bond donors (Lipinski definition) is 2. The summed E-state index contributed by atoms with van der Waals surface area (Å²) in [5, 5.41) is 6.00. The van der Waals surface area contributed by atoms with E-state index in [1.165, 1.54) is 0 Å². The van der Waals surface area contributed by atoms with Crippen LogP contribution in [0.4, 0.5) is 0 Å². The summed E-state index contributed by atoms with van der Waals surface area (Å²) < 4.78 is 10.9. The monoisotopic (exact) mass is 320 g/mol. The first-order chi connectivity index (χ1) is 11.2. The number of nitrogens with one attached hydrogen (secondary N) is 2. The van der Waals surface area contributed by atoms with Gasteiger partial charge in [-0.05, 0) is 31.2 Å². The Balaban J connectivity index is 1.73. The van der Waals surface area contributed by atoms with Crippen molar-refractivity contribution in [3.63, 3.8) is 0 Å². The first kappa shape index (κ1) is 17.3. The van der Waals surface area contributed by atoms with Crippen LogP contribution >= 0.6 is 0 Å². The molecule has 0 bridgehead atoms. The van der Waals surface area contributed by atoms with Gasteiger partial charge in [-0.25, -0.2) is 0 Å². The maximum Gasteiger partial charge on any atom is 0.220 e. The SMILES string of the molecule is CCCNCCNC(=O)CCC(=O)c1ccc2c(c1)OCCO2. The van der Waals surface area contributed by atoms with E-state index in [9.17, 15) is 9.59 Å². The molecule has 0 saturated carbocycles. The molecule has 6 nitrogen and oxygen atoms in total. The zero-order chi connectivity index (χ0) is 16.5. The van der Waals surface area contributed by atoms with Crippen LogP contribution in [-0.4, -0.2) is 44.5 Å². The number of Topliss-reactive ketones (excluding diaryl/α,β-unsaturated/α-hetero) is 1. The molecule has 0 aromatic heterocycles. The predicted octanol–water partition coefficient (Wildman–Crippen LogP) is 1.54. The van der Waals surface area contributed by atoms with E-state index < -0.39 is 0 Å². The van der Waals surface area contributed by atoms with E-state index >= 15 is 0 Å². The highest BCUT2D eigenvalue weighted by molar-refractivity contribution is 5.98. The molecule has 0 spiro atoms. The van der Waals surface area contributed by atoms with Crippen molar-refractivity contribution in [1.82, 2.24) is 10.6 Å². The molecular weight excluding hydrogens is 296 g/mol. The summed E-state index contributed by atoms with van der Waals surface area (Å²) >= 11 is 0. The summed E-state index contributed by atoms with van der Waals surface area (Å²) in [6.45, 7) is 5.37. The molecule has 1 aliphatic rings. The number of ether oxygens (including phenoxy) is 2. The Morgan fingerprint density at radius 2 is 1.83 bits per heavy atom. The third-order valence-electron chi connectivity index (χ3n) is 3.49. The lowest BCUT2D eigenvalue weighted by Crippen LogP contribution is -2.32. The van der Waals surface area contributed by atoms with Gasteiger partial charge in [0.1, 0.15) is 13.2 Å². The van der Waals surface area contributed by atoms with Gasteiger partial charge in [0, 0.05) is 31.5 Å². The van der Waals surface area contributed by atoms with Crippen LogP contribution in [0.5, 0.6) is 11.5 Å². The normalized spacial score (nSPS) is 12.7. The van der Waals surface area contributed by atoms with Gasteiger partial charge in [0.05, 0.1) is 0 Å². The molecule has 1 aromatic rings. The van der Waals surface area contributed by atoms with E-state index in [-0.39, 0.29) is 24.5 Å². The second-order valence-electron chi connectivity index (χ2n) is 5.38. The van der Waals surface area contributed by atoms with Crippen LogP contribution in [0, 0.1) is 0 Å². The average molecular weight is 320 g/mol. The zero-order valence-corrected chi connectivity index (χ0v) is 13.5. The Kier molecular flexibility index (Phi) is 6.87. The van der Waals surface area contributed by atoms with Gasteiger partial charge >= 0.3 is 0 Å². The Labute approximate surface area is 136 Å². The van der Waals surface area contributed by atoms with Crippen molar-refractivity contribution in [1.29, 1.82) is 0 Å². The highest BCUT2D eigenvalue weighted by Gasteiger charge is 2.15. The van der Waals surface area contributed by atoms with Crippen LogP contribution in [0.15, 0.2) is 18.2 Å². The summed E-state index contributed by atoms with van der Waals surface area (Å²) in [5.41, 5.74) is 0.548. The van der Waals surface area contributed by atoms with Crippen LogP contribution in [0.3, 0.4) is 0 Å². The Morgan fingerprint density at radius 3 is 2.61 bits per heavy atom. The largest absolute Gasteiger partial charge is 0.486 e. The van der Waals surface area contributed by atoms with Crippen molar-refractivity contribution in [3.05, 3.63) is 23.8 Å². The minimum atomic E-state index is -0.103. The van der Waals surface area contributed by atoms with Gasteiger partial charge < -0.3 is 20.1 Å². The fourth-order valence-corrected chi connectivity index (χ4v) is 2.27. The number of benzene rings is 1. The van der Waals surface area contributed by atoms with Gasteiger partial charge in [0.2, 0.25) is 5.91 Å². The number of carbonyl (C=O) groups excluding carboxylic acids is 2. The van der Waals surface area contributed by atoms with Gasteiger partial charge in [-0.3, -0.25) is 9.59 Å². The first-order valence-electron chi connectivity index (χ1n) is 8.11. The number of rotatable bonds is 9. The van der Waals surface area contributed by atoms with Crippen molar-refractivity contribution in [2.75, 3.05) is 32.8 Å². The van der Waals surface area contributed by atoms with E-state index in [0.29, 0.717) is 36.8 Å². The molecule has 0 radical (unpaired) electrons. The Hall–Kier alpha value is -2.08. The van der Waals surface area contributed by atoms with Crippen molar-refractivity contribution in [2.24, 2.45) is 0 Å². The van der Waals surface area contributed by atoms with Gasteiger partial charge in [0.25, 0.3) is 0 Å². The van der Waals surface area contributed by atoms with Crippen LogP contribution < -0.4 is 20.1 Å². The minimum Gasteiger partial charge on any atom is -0.486 e. The second-order valence-corrected chi connectivity index (χ2v) is 5.38. The van der Waals surface area contributed by atoms with E-state index in [1.807, 2.05) is 0 Å². The Bertz CT molecular complexity index is 545. The molecule has 2 rings (SSSR count). The highest BCUT2D eigenvalue weighted by atomic mass is 16.6. The lowest BCUT2D eigenvalue weighted by Gasteiger charge is -2.18. The van der Waals surface area contributed by atoms with E-state index in [0.717, 1.165) is 19.5 Å². The molecular formula is C17H24N2O4. The molecule has 1 aliphatic heterocycles. The quantitative estimate of drug-likeness (QED) is 0.533. The van der Waals surface area contributed by atoms with E-state index in [1.54, 1.807) is 18.2 Å². The van der Waals surface area contributed by atoms with Gasteiger partial charge in [-0.2, -0.15) is 0 Å². The maximum absolute atomic E-state index is 12.2. The third-order valence-corrected chi connectivity index (χ3v) is 3.49. The predicted molar refractivity (Wildman–Crippen MR) is 87.2 cm³/mol. The summed E-state index contributed by atoms with van der Waals surface area (Å²) in [6.07, 6.45) is 1.45. The van der Waals surface area contributed by atoms with Crippen LogP contribution in [0.2, 0.25) is 0 Å². The molecule has 1 amide bonds. The summed E-state index contributed by atoms with van der Waals surface area (Å²) in [5.74, 6) is 1.08. The molecule has 23 heavy (non-hydrogen) atoms. The molecule has 6 heteroatoms. The molecule has 0 atom stereocenters. The first-order valence-corrected chi connectivity index (χ1v) is 8.11. The van der Waals surface area contributed by atoms with Crippen molar-refractivity contribution in [2.45, 2.75) is 26.2 Å². The average Bonchev–Trinajstić information content (AvgIpc) is 2.59. The van der Waals surface area contributed by atoms with Crippen molar-refractivity contribution < 1.29 is 19.1 Å². The molecule has 1 aromatic carbocycles. The van der Waals surface area contributed by atoms with Crippen molar-refractivity contribution >= 4 is 11.7 Å². The molecule has 1 heterocycles. The number of fused-ring (bicyclic) bond motifs is 1. The highest BCUT2D eigenvalue weighted by Crippen LogP contribution is 2.31. The minimum absolute atomic E-state index is 0.0683. The van der Waals surface area contributed by atoms with Crippen molar-refractivity contribution in [3.8, 4) is 11.5 Å². The molecule has 126 valence electrons. The summed E-state index contributed by atoms with van der Waals surface area (Å²) in [6, 6.07) is 5.13. The lowest BCUT2D eigenvalue weighted by atomic mass is 10.1. The van der Waals surface area contributed by atoms with Crippen LogP contribution in [-0.2, 0) is 4.79 Å². The van der Waals surface area contributed by atoms with Gasteiger partial charge in [-0.15, -0.1) is 0 Å². The maximum atomic E-state index is 12.2. The fourth-order valence-electron chi connectivity index (χ4n) is 2.27. The molecule has 0 saturated heterocycles. The smallest absolute Gasteiger partial charge is 0.220 e. The number of ketones is 1. The summed E-state index contributed by atoms with van der Waals surface area (Å²) in [7, 11) is 0. The zero-order valence-electron chi connectivity index (χ0n) is 13.5. The van der Waals surface area contributed by atoms with E-state index in [4.69, 9.17) is 9.47 Å². The number of hydrogen-bond acceptors (Lipinski definition) is 5. The Morgan fingerprint density at radius 1 is 1.04 bits per heavy atom. The topological polar surface area (TPSA) is 76.7 Å². The van der Waals surface area contributed by atoms with Crippen LogP contribution in [0.25, 0.3) is 0 Å². The lowest BCUT2D eigenvalue weighted by molar-refractivity contribution is -0.121. The van der Waals surface area contributed by atoms with Gasteiger partial charge in [0.15, 0.2) is 17.3 Å². The third kappa shape index (κ3) is 5.56. The fraction of sp³-hybridized carbons (Fsp3) is 0.529. The molecule has 0 fully saturated rings. The van der Waals surface area contributed by atoms with Crippen LogP contribution in [0.1, 0.15) is 36.5 Å².